The van der Waals surface area contributed by atoms with E-state index < -0.39 is 23.5 Å². The van der Waals surface area contributed by atoms with Gasteiger partial charge in [-0.05, 0) is 31.9 Å². The van der Waals surface area contributed by atoms with Gasteiger partial charge in [-0.25, -0.2) is 0 Å². The van der Waals surface area contributed by atoms with Crippen LogP contribution >= 0.6 is 0 Å². The lowest BCUT2D eigenvalue weighted by molar-refractivity contribution is -0.155. The molecule has 0 unspecified atom stereocenters. The van der Waals surface area contributed by atoms with Crippen LogP contribution in [0, 0.1) is 17.2 Å². The van der Waals surface area contributed by atoms with Crippen molar-refractivity contribution in [1.82, 2.24) is 14.9 Å². The number of rotatable bonds is 7. The fourth-order valence-electron chi connectivity index (χ4n) is 2.74. The zero-order valence-corrected chi connectivity index (χ0v) is 17.4. The maximum absolute atomic E-state index is 12.3. The molecule has 1 aromatic heterocycles. The normalized spacial score (nSPS) is 14.1. The Balaban J connectivity index is 2.01. The van der Waals surface area contributed by atoms with Crippen molar-refractivity contribution in [2.45, 2.75) is 52.2 Å². The van der Waals surface area contributed by atoms with Gasteiger partial charge in [0.15, 0.2) is 6.10 Å². The molecule has 2 rings (SSSR count). The number of fused-ring (bicyclic) bond motifs is 1. The van der Waals surface area contributed by atoms with Crippen LogP contribution in [0.15, 0.2) is 29.1 Å². The predicted molar refractivity (Wildman–Crippen MR) is 108 cm³/mol. The minimum absolute atomic E-state index is 0.0318. The van der Waals surface area contributed by atoms with E-state index in [2.05, 4.69) is 16.4 Å². The Morgan fingerprint density at radius 3 is 2.59 bits per heavy atom. The molecule has 0 aliphatic rings. The van der Waals surface area contributed by atoms with Gasteiger partial charge in [-0.2, -0.15) is 10.2 Å². The van der Waals surface area contributed by atoms with E-state index in [9.17, 15) is 19.6 Å². The molecule has 0 saturated carbocycles. The van der Waals surface area contributed by atoms with Crippen molar-refractivity contribution >= 4 is 22.8 Å². The van der Waals surface area contributed by atoms with Crippen LogP contribution in [0.5, 0.6) is 0 Å². The van der Waals surface area contributed by atoms with Crippen molar-refractivity contribution in [3.8, 4) is 6.07 Å². The Morgan fingerprint density at radius 2 is 1.97 bits per heavy atom. The van der Waals surface area contributed by atoms with Crippen molar-refractivity contribution in [2.75, 3.05) is 0 Å². The Hall–Kier alpha value is -3.21. The number of hydrogen-bond donors (Lipinski definition) is 1. The third kappa shape index (κ3) is 4.99. The second-order valence-electron chi connectivity index (χ2n) is 7.50. The third-order valence-electron chi connectivity index (χ3n) is 5.11. The van der Waals surface area contributed by atoms with Gasteiger partial charge in [0, 0.05) is 13.5 Å². The standard InChI is InChI=1S/C21H26N4O4/c1-13(2)21(4,12-22)24-19(27)14(3)29-18(26)11-10-17-23-20(28)15-8-6-7-9-16(15)25(17)5/h6-9,13-14H,10-11H2,1-5H3,(H,24,27)/t14-,21-/m0/s1. The van der Waals surface area contributed by atoms with Crippen LogP contribution in [0.1, 0.15) is 39.9 Å². The molecule has 154 valence electrons. The van der Waals surface area contributed by atoms with Crippen LogP contribution in [0.25, 0.3) is 10.9 Å². The lowest BCUT2D eigenvalue weighted by Crippen LogP contribution is -2.52. The summed E-state index contributed by atoms with van der Waals surface area (Å²) in [6.45, 7) is 6.72. The molecule has 2 atom stereocenters. The van der Waals surface area contributed by atoms with Crippen LogP contribution < -0.4 is 10.9 Å². The molecule has 0 radical (unpaired) electrons. The Bertz CT molecular complexity index is 1020. The molecule has 8 nitrogen and oxygen atoms in total. The molecular weight excluding hydrogens is 372 g/mol. The van der Waals surface area contributed by atoms with E-state index in [0.717, 1.165) is 5.52 Å². The maximum Gasteiger partial charge on any atom is 0.307 e. The molecule has 29 heavy (non-hydrogen) atoms. The van der Waals surface area contributed by atoms with E-state index in [4.69, 9.17) is 4.74 Å². The van der Waals surface area contributed by atoms with E-state index in [-0.39, 0.29) is 24.3 Å². The van der Waals surface area contributed by atoms with Crippen LogP contribution in [0.4, 0.5) is 0 Å². The lowest BCUT2D eigenvalue weighted by atomic mass is 9.90. The number of ether oxygens (including phenoxy) is 1. The topological polar surface area (TPSA) is 114 Å². The molecule has 1 heterocycles. The summed E-state index contributed by atoms with van der Waals surface area (Å²) >= 11 is 0. The molecule has 8 heteroatoms. The quantitative estimate of drug-likeness (QED) is 0.712. The Kier molecular flexibility index (Phi) is 6.75. The summed E-state index contributed by atoms with van der Waals surface area (Å²) in [7, 11) is 1.78. The maximum atomic E-state index is 12.3. The first kappa shape index (κ1) is 22.1. The van der Waals surface area contributed by atoms with Gasteiger partial charge < -0.3 is 14.6 Å². The number of para-hydroxylation sites is 1. The van der Waals surface area contributed by atoms with Crippen molar-refractivity contribution in [3.05, 3.63) is 40.4 Å². The predicted octanol–water partition coefficient (Wildman–Crippen LogP) is 1.85. The van der Waals surface area contributed by atoms with E-state index in [1.54, 1.807) is 30.7 Å². The smallest absolute Gasteiger partial charge is 0.307 e. The van der Waals surface area contributed by atoms with E-state index in [0.29, 0.717) is 11.2 Å². The summed E-state index contributed by atoms with van der Waals surface area (Å²) in [6.07, 6.45) is -0.871. The van der Waals surface area contributed by atoms with Crippen LogP contribution in [-0.2, 0) is 27.8 Å². The molecule has 0 spiro atoms. The minimum atomic E-state index is -1.05. The summed E-state index contributed by atoms with van der Waals surface area (Å²) < 4.78 is 6.95. The van der Waals surface area contributed by atoms with E-state index in [1.807, 2.05) is 26.0 Å². The fraction of sp³-hybridized carbons (Fsp3) is 0.476. The highest BCUT2D eigenvalue weighted by molar-refractivity contribution is 5.84. The van der Waals surface area contributed by atoms with Gasteiger partial charge in [0.25, 0.3) is 11.5 Å². The first-order valence-corrected chi connectivity index (χ1v) is 9.46. The number of nitriles is 1. The van der Waals surface area contributed by atoms with Crippen LogP contribution in [0.3, 0.4) is 0 Å². The molecule has 0 fully saturated rings. The van der Waals surface area contributed by atoms with Crippen LogP contribution in [0.2, 0.25) is 0 Å². The first-order valence-electron chi connectivity index (χ1n) is 9.46. The molecule has 0 aliphatic carbocycles. The van der Waals surface area contributed by atoms with Crippen molar-refractivity contribution in [1.29, 1.82) is 5.26 Å². The van der Waals surface area contributed by atoms with Gasteiger partial charge in [-0.15, -0.1) is 0 Å². The number of benzene rings is 1. The molecule has 0 bridgehead atoms. The zero-order valence-electron chi connectivity index (χ0n) is 17.4. The third-order valence-corrected chi connectivity index (χ3v) is 5.11. The number of carbonyl (C=O) groups is 2. The SMILES string of the molecule is CC(C)[C@](C)(C#N)NC(=O)[C@H](C)OC(=O)CCc1nc(=O)c2ccccc2n1C. The average Bonchev–Trinajstić information content (AvgIpc) is 2.69. The molecule has 1 N–H and O–H groups in total. The molecule has 1 amide bonds. The number of hydrogen-bond acceptors (Lipinski definition) is 6. The van der Waals surface area contributed by atoms with Crippen LogP contribution in [-0.4, -0.2) is 33.1 Å². The highest BCUT2D eigenvalue weighted by atomic mass is 16.5. The summed E-state index contributed by atoms with van der Waals surface area (Å²) in [5, 5.41) is 12.4. The van der Waals surface area contributed by atoms with Crippen molar-refractivity contribution < 1.29 is 14.3 Å². The first-order chi connectivity index (χ1) is 13.6. The van der Waals surface area contributed by atoms with Gasteiger partial charge >= 0.3 is 5.97 Å². The van der Waals surface area contributed by atoms with E-state index >= 15 is 0 Å². The number of aryl methyl sites for hydroxylation is 2. The minimum Gasteiger partial charge on any atom is -0.453 e. The van der Waals surface area contributed by atoms with Gasteiger partial charge in [-0.1, -0.05) is 26.0 Å². The Morgan fingerprint density at radius 1 is 1.31 bits per heavy atom. The summed E-state index contributed by atoms with van der Waals surface area (Å²) in [4.78, 5) is 40.7. The van der Waals surface area contributed by atoms with Crippen molar-refractivity contribution in [2.24, 2.45) is 13.0 Å². The number of amides is 1. The molecular formula is C21H26N4O4. The number of carbonyl (C=O) groups excluding carboxylic acids is 2. The second kappa shape index (κ2) is 8.86. The number of esters is 1. The summed E-state index contributed by atoms with van der Waals surface area (Å²) in [5.74, 6) is -0.773. The van der Waals surface area contributed by atoms with E-state index in [1.165, 1.54) is 6.92 Å². The molecule has 1 aromatic carbocycles. The van der Waals surface area contributed by atoms with Gasteiger partial charge in [0.1, 0.15) is 11.4 Å². The zero-order chi connectivity index (χ0) is 21.8. The second-order valence-corrected chi connectivity index (χ2v) is 7.50. The molecule has 0 saturated heterocycles. The fourth-order valence-corrected chi connectivity index (χ4v) is 2.74. The molecule has 0 aliphatic heterocycles. The summed E-state index contributed by atoms with van der Waals surface area (Å²) in [5.41, 5.74) is -0.669. The monoisotopic (exact) mass is 398 g/mol. The van der Waals surface area contributed by atoms with Gasteiger partial charge in [0.05, 0.1) is 23.4 Å². The number of aromatic nitrogens is 2. The number of nitrogens with one attached hydrogen (secondary N) is 1. The highest BCUT2D eigenvalue weighted by Gasteiger charge is 2.32. The summed E-state index contributed by atoms with van der Waals surface area (Å²) in [6, 6.07) is 9.19. The lowest BCUT2D eigenvalue weighted by Gasteiger charge is -2.28. The average molecular weight is 398 g/mol. The largest absolute Gasteiger partial charge is 0.453 e. The van der Waals surface area contributed by atoms with Gasteiger partial charge in [0.2, 0.25) is 0 Å². The highest BCUT2D eigenvalue weighted by Crippen LogP contribution is 2.16. The van der Waals surface area contributed by atoms with Gasteiger partial charge in [-0.3, -0.25) is 14.4 Å². The Labute approximate surface area is 169 Å². The number of nitrogens with zero attached hydrogens (tertiary/aromatic N) is 3. The van der Waals surface area contributed by atoms with Crippen molar-refractivity contribution in [3.63, 3.8) is 0 Å². The molecule has 2 aromatic rings.